The van der Waals surface area contributed by atoms with Crippen molar-refractivity contribution in [3.8, 4) is 0 Å². The fraction of sp³-hybridized carbons (Fsp3) is 0.462. The van der Waals surface area contributed by atoms with Crippen LogP contribution in [-0.4, -0.2) is 34.0 Å². The molecule has 0 aliphatic heterocycles. The van der Waals surface area contributed by atoms with Crippen LogP contribution in [0.3, 0.4) is 0 Å². The molecule has 1 rings (SSSR count). The average Bonchev–Trinajstić information content (AvgIpc) is 2.46. The van der Waals surface area contributed by atoms with Crippen LogP contribution < -0.4 is 5.32 Å². The number of sulfone groups is 2. The van der Waals surface area contributed by atoms with Crippen LogP contribution in [-0.2, 0) is 24.5 Å². The molecule has 11 heteroatoms. The van der Waals surface area contributed by atoms with E-state index in [4.69, 9.17) is 0 Å². The van der Waals surface area contributed by atoms with Gasteiger partial charge in [-0.05, 0) is 18.6 Å². The van der Waals surface area contributed by atoms with Gasteiger partial charge < -0.3 is 5.32 Å². The molecule has 0 radical (unpaired) electrons. The second kappa shape index (κ2) is 7.09. The molecule has 24 heavy (non-hydrogen) atoms. The monoisotopic (exact) mass is 387 g/mol. The number of carbonyl (C=O) groups excluding carboxylic acids is 1. The zero-order chi connectivity index (χ0) is 18.8. The first kappa shape index (κ1) is 20.4. The number of hydrogen-bond acceptors (Lipinski definition) is 5. The third-order valence-electron chi connectivity index (χ3n) is 3.04. The highest BCUT2D eigenvalue weighted by Gasteiger charge is 2.48. The van der Waals surface area contributed by atoms with Gasteiger partial charge in [0.05, 0.1) is 16.3 Å². The Morgan fingerprint density at radius 1 is 1.08 bits per heavy atom. The smallest absolute Gasteiger partial charge is 0.324 e. The highest BCUT2D eigenvalue weighted by atomic mass is 32.2. The van der Waals surface area contributed by atoms with Gasteiger partial charge in [0.25, 0.3) is 9.84 Å². The molecule has 1 N–H and O–H groups in total. The minimum Gasteiger partial charge on any atom is -0.324 e. The number of nitrogens with one attached hydrogen (secondary N) is 1. The molecule has 0 aliphatic carbocycles. The summed E-state index contributed by atoms with van der Waals surface area (Å²) in [5, 5.41) is 2.00. The summed E-state index contributed by atoms with van der Waals surface area (Å²) in [6, 6.07) is 2.45. The Hall–Kier alpha value is -1.62. The molecule has 0 heterocycles. The van der Waals surface area contributed by atoms with Crippen LogP contribution in [0.15, 0.2) is 28.0 Å². The standard InChI is InChI=1S/C13H16F3NO5S2/c1-3-6-11(18)17-12-9(23(19,20)4-2)7-5-8-10(12)24(21,22)13(14,15)16/h5,7-8H,3-4,6H2,1-2H3,(H,17,18). The maximum absolute atomic E-state index is 12.8. The van der Waals surface area contributed by atoms with Gasteiger partial charge in [0, 0.05) is 6.42 Å². The number of alkyl halides is 3. The van der Waals surface area contributed by atoms with Crippen LogP contribution in [0, 0.1) is 0 Å². The van der Waals surface area contributed by atoms with E-state index in [-0.39, 0.29) is 6.42 Å². The van der Waals surface area contributed by atoms with Crippen LogP contribution >= 0.6 is 0 Å². The largest absolute Gasteiger partial charge is 0.501 e. The van der Waals surface area contributed by atoms with Crippen molar-refractivity contribution in [2.24, 2.45) is 0 Å². The molecule has 1 aromatic rings. The topological polar surface area (TPSA) is 97.4 Å². The lowest BCUT2D eigenvalue weighted by Gasteiger charge is -2.17. The van der Waals surface area contributed by atoms with E-state index in [0.717, 1.165) is 12.1 Å². The number of anilines is 1. The third-order valence-corrected chi connectivity index (χ3v) is 6.34. The van der Waals surface area contributed by atoms with Gasteiger partial charge in [0.2, 0.25) is 5.91 Å². The molecule has 0 aromatic heterocycles. The molecule has 0 saturated carbocycles. The number of benzene rings is 1. The summed E-state index contributed by atoms with van der Waals surface area (Å²) in [4.78, 5) is 9.76. The van der Waals surface area contributed by atoms with Crippen molar-refractivity contribution in [2.75, 3.05) is 11.1 Å². The number of para-hydroxylation sites is 1. The van der Waals surface area contributed by atoms with E-state index in [1.807, 2.05) is 5.32 Å². The Morgan fingerprint density at radius 3 is 2.08 bits per heavy atom. The summed E-state index contributed by atoms with van der Waals surface area (Å²) in [5.41, 5.74) is -6.50. The van der Waals surface area contributed by atoms with E-state index in [1.165, 1.54) is 6.92 Å². The summed E-state index contributed by atoms with van der Waals surface area (Å²) in [6.45, 7) is 2.87. The van der Waals surface area contributed by atoms with Gasteiger partial charge in [-0.15, -0.1) is 0 Å². The van der Waals surface area contributed by atoms with E-state index >= 15 is 0 Å². The fourth-order valence-corrected chi connectivity index (χ4v) is 3.90. The molecule has 0 fully saturated rings. The van der Waals surface area contributed by atoms with Crippen LogP contribution in [0.5, 0.6) is 0 Å². The molecule has 0 bridgehead atoms. The quantitative estimate of drug-likeness (QED) is 0.809. The van der Waals surface area contributed by atoms with Crippen molar-refractivity contribution in [1.82, 2.24) is 0 Å². The van der Waals surface area contributed by atoms with Gasteiger partial charge in [-0.25, -0.2) is 16.8 Å². The first-order chi connectivity index (χ1) is 10.9. The molecular formula is C13H16F3NO5S2. The summed E-state index contributed by atoms with van der Waals surface area (Å²) >= 11 is 0. The van der Waals surface area contributed by atoms with Crippen LogP contribution in [0.1, 0.15) is 26.7 Å². The number of amides is 1. The Bertz CT molecular complexity index is 830. The van der Waals surface area contributed by atoms with Crippen molar-refractivity contribution >= 4 is 31.3 Å². The number of carbonyl (C=O) groups is 1. The molecule has 0 aliphatic rings. The maximum atomic E-state index is 12.8. The van der Waals surface area contributed by atoms with Gasteiger partial charge in [0.15, 0.2) is 9.84 Å². The van der Waals surface area contributed by atoms with Crippen molar-refractivity contribution < 1.29 is 34.8 Å². The Kier molecular flexibility index (Phi) is 6.04. The lowest BCUT2D eigenvalue weighted by Crippen LogP contribution is -2.26. The predicted molar refractivity (Wildman–Crippen MR) is 80.9 cm³/mol. The van der Waals surface area contributed by atoms with Crippen molar-refractivity contribution in [1.29, 1.82) is 0 Å². The van der Waals surface area contributed by atoms with Crippen molar-refractivity contribution in [2.45, 2.75) is 42.0 Å². The Morgan fingerprint density at radius 2 is 1.62 bits per heavy atom. The molecule has 6 nitrogen and oxygen atoms in total. The highest BCUT2D eigenvalue weighted by Crippen LogP contribution is 2.37. The van der Waals surface area contributed by atoms with Gasteiger partial charge in [-0.2, -0.15) is 13.2 Å². The molecule has 1 amide bonds. The molecule has 0 spiro atoms. The van der Waals surface area contributed by atoms with Gasteiger partial charge in [0.1, 0.15) is 4.90 Å². The van der Waals surface area contributed by atoms with Gasteiger partial charge >= 0.3 is 5.51 Å². The maximum Gasteiger partial charge on any atom is 0.501 e. The van der Waals surface area contributed by atoms with Crippen LogP contribution in [0.4, 0.5) is 18.9 Å². The summed E-state index contributed by atoms with van der Waals surface area (Å²) in [6.07, 6.45) is 0.238. The molecule has 136 valence electrons. The fourth-order valence-electron chi connectivity index (χ4n) is 1.83. The Labute approximate surface area is 137 Å². The number of halogens is 3. The minimum absolute atomic E-state index is 0.105. The molecule has 0 atom stereocenters. The number of hydrogen-bond donors (Lipinski definition) is 1. The number of rotatable bonds is 6. The van der Waals surface area contributed by atoms with Gasteiger partial charge in [-0.1, -0.05) is 19.9 Å². The van der Waals surface area contributed by atoms with E-state index in [0.29, 0.717) is 12.5 Å². The average molecular weight is 387 g/mol. The van der Waals surface area contributed by atoms with Gasteiger partial charge in [-0.3, -0.25) is 4.79 Å². The SMILES string of the molecule is CCCC(=O)Nc1c(S(=O)(=O)CC)cccc1S(=O)(=O)C(F)(F)F. The first-order valence-corrected chi connectivity index (χ1v) is 9.99. The lowest BCUT2D eigenvalue weighted by molar-refractivity contribution is -0.116. The van der Waals surface area contributed by atoms with E-state index in [1.54, 1.807) is 6.92 Å². The summed E-state index contributed by atoms with van der Waals surface area (Å²) in [7, 11) is -9.90. The molecule has 0 unspecified atom stereocenters. The molecule has 1 aromatic carbocycles. The lowest BCUT2D eigenvalue weighted by atomic mass is 10.3. The van der Waals surface area contributed by atoms with Crippen LogP contribution in [0.2, 0.25) is 0 Å². The third kappa shape index (κ3) is 4.07. The second-order valence-electron chi connectivity index (χ2n) is 4.78. The van der Waals surface area contributed by atoms with Crippen molar-refractivity contribution in [3.63, 3.8) is 0 Å². The van der Waals surface area contributed by atoms with Crippen molar-refractivity contribution in [3.05, 3.63) is 18.2 Å². The molecule has 0 saturated heterocycles. The second-order valence-corrected chi connectivity index (χ2v) is 8.94. The van der Waals surface area contributed by atoms with E-state index < -0.39 is 52.3 Å². The first-order valence-electron chi connectivity index (χ1n) is 6.85. The summed E-state index contributed by atoms with van der Waals surface area (Å²) in [5.74, 6) is -1.26. The van der Waals surface area contributed by atoms with Crippen LogP contribution in [0.25, 0.3) is 0 Å². The van der Waals surface area contributed by atoms with E-state index in [9.17, 15) is 34.8 Å². The minimum atomic E-state index is -5.84. The summed E-state index contributed by atoms with van der Waals surface area (Å²) < 4.78 is 86.1. The predicted octanol–water partition coefficient (Wildman–Crippen LogP) is 2.51. The molecular weight excluding hydrogens is 371 g/mol. The highest BCUT2D eigenvalue weighted by molar-refractivity contribution is 7.93. The Balaban J connectivity index is 3.73. The normalized spacial score (nSPS) is 12.9. The zero-order valence-electron chi connectivity index (χ0n) is 12.8. The zero-order valence-corrected chi connectivity index (χ0v) is 14.5. The van der Waals surface area contributed by atoms with E-state index in [2.05, 4.69) is 0 Å².